The first-order valence-corrected chi connectivity index (χ1v) is 6.61. The third kappa shape index (κ3) is 3.53. The lowest BCUT2D eigenvalue weighted by Gasteiger charge is -2.08. The minimum atomic E-state index is -0.0588. The number of carbonyl (C=O) groups is 1. The summed E-state index contributed by atoms with van der Waals surface area (Å²) in [7, 11) is 0. The Bertz CT molecular complexity index is 539. The van der Waals surface area contributed by atoms with E-state index < -0.39 is 0 Å². The maximum atomic E-state index is 12.2. The smallest absolute Gasteiger partial charge is 0.141 e. The van der Waals surface area contributed by atoms with Crippen LogP contribution >= 0.6 is 0 Å². The van der Waals surface area contributed by atoms with Crippen molar-refractivity contribution >= 4 is 5.78 Å². The average Bonchev–Trinajstić information content (AvgIpc) is 2.48. The Morgan fingerprint density at radius 2 is 1.05 bits per heavy atom. The van der Waals surface area contributed by atoms with Crippen molar-refractivity contribution in [2.75, 3.05) is 0 Å². The quantitative estimate of drug-likeness (QED) is 0.844. The molecule has 0 heterocycles. The monoisotopic (exact) mass is 270 g/mol. The van der Waals surface area contributed by atoms with Crippen LogP contribution in [0.5, 0.6) is 0 Å². The van der Waals surface area contributed by atoms with Gasteiger partial charge in [0.2, 0.25) is 0 Å². The molecule has 20 heavy (non-hydrogen) atoms. The van der Waals surface area contributed by atoms with Crippen LogP contribution in [0.4, 0.5) is 0 Å². The van der Waals surface area contributed by atoms with E-state index in [9.17, 15) is 15.0 Å². The summed E-state index contributed by atoms with van der Waals surface area (Å²) in [6, 6.07) is 14.8. The predicted molar refractivity (Wildman–Crippen MR) is 77.1 cm³/mol. The Kier molecular flexibility index (Phi) is 5.04. The van der Waals surface area contributed by atoms with Gasteiger partial charge in [-0.25, -0.2) is 0 Å². The summed E-state index contributed by atoms with van der Waals surface area (Å²) in [4.78, 5) is 12.2. The number of rotatable bonds is 6. The molecule has 0 fully saturated rings. The molecule has 0 aliphatic rings. The fourth-order valence-electron chi connectivity index (χ4n) is 2.26. The van der Waals surface area contributed by atoms with Crippen LogP contribution in [0.2, 0.25) is 0 Å². The SMILES string of the molecule is O=C(Cc1ccccc1CO)Cc1ccccc1CO. The van der Waals surface area contributed by atoms with E-state index in [1.165, 1.54) is 0 Å². The summed E-state index contributed by atoms with van der Waals surface area (Å²) < 4.78 is 0. The lowest BCUT2D eigenvalue weighted by atomic mass is 9.97. The number of aliphatic hydroxyl groups is 2. The fraction of sp³-hybridized carbons (Fsp3) is 0.235. The van der Waals surface area contributed by atoms with Crippen molar-refractivity contribution in [1.29, 1.82) is 0 Å². The molecular formula is C17H18O3. The zero-order chi connectivity index (χ0) is 14.4. The normalized spacial score (nSPS) is 10.5. The third-order valence-electron chi connectivity index (χ3n) is 3.35. The highest BCUT2D eigenvalue weighted by Crippen LogP contribution is 2.14. The number of hydrogen-bond donors (Lipinski definition) is 2. The van der Waals surface area contributed by atoms with Gasteiger partial charge in [-0.2, -0.15) is 0 Å². The zero-order valence-corrected chi connectivity index (χ0v) is 11.2. The van der Waals surface area contributed by atoms with E-state index in [2.05, 4.69) is 0 Å². The fourth-order valence-corrected chi connectivity index (χ4v) is 2.26. The summed E-state index contributed by atoms with van der Waals surface area (Å²) in [6.07, 6.45) is 0.604. The van der Waals surface area contributed by atoms with Crippen LogP contribution in [-0.2, 0) is 30.8 Å². The van der Waals surface area contributed by atoms with E-state index in [1.807, 2.05) is 48.5 Å². The number of Topliss-reactive ketones (excluding diaryl/α,β-unsaturated/α-hetero) is 1. The summed E-state index contributed by atoms with van der Waals surface area (Å²) in [5.74, 6) is 0.0757. The lowest BCUT2D eigenvalue weighted by molar-refractivity contribution is -0.117. The molecule has 2 N–H and O–H groups in total. The van der Waals surface area contributed by atoms with E-state index >= 15 is 0 Å². The molecule has 3 nitrogen and oxygen atoms in total. The highest BCUT2D eigenvalue weighted by Gasteiger charge is 2.10. The second-order valence-corrected chi connectivity index (χ2v) is 4.75. The molecule has 0 aliphatic carbocycles. The minimum Gasteiger partial charge on any atom is -0.392 e. The maximum Gasteiger partial charge on any atom is 0.141 e. The highest BCUT2D eigenvalue weighted by atomic mass is 16.3. The van der Waals surface area contributed by atoms with Crippen LogP contribution in [0.15, 0.2) is 48.5 Å². The van der Waals surface area contributed by atoms with Crippen LogP contribution in [0.1, 0.15) is 22.3 Å². The first-order valence-electron chi connectivity index (χ1n) is 6.61. The van der Waals surface area contributed by atoms with Gasteiger partial charge in [-0.15, -0.1) is 0 Å². The molecule has 0 saturated carbocycles. The van der Waals surface area contributed by atoms with Gasteiger partial charge in [0.05, 0.1) is 13.2 Å². The largest absolute Gasteiger partial charge is 0.392 e. The van der Waals surface area contributed by atoms with Crippen LogP contribution in [0, 0.1) is 0 Å². The standard InChI is InChI=1S/C17H18O3/c18-11-15-7-3-1-5-13(15)9-17(20)10-14-6-2-4-8-16(14)12-19/h1-8,18-19H,9-12H2. The minimum absolute atomic E-state index is 0.0588. The Morgan fingerprint density at radius 1 is 0.700 bits per heavy atom. The molecule has 0 radical (unpaired) electrons. The van der Waals surface area contributed by atoms with Gasteiger partial charge in [0.15, 0.2) is 0 Å². The van der Waals surface area contributed by atoms with E-state index in [0.29, 0.717) is 12.8 Å². The Morgan fingerprint density at radius 3 is 1.40 bits per heavy atom. The number of aliphatic hydroxyl groups excluding tert-OH is 2. The molecule has 2 aromatic rings. The predicted octanol–water partition coefficient (Wildman–Crippen LogP) is 2.03. The third-order valence-corrected chi connectivity index (χ3v) is 3.35. The molecule has 104 valence electrons. The zero-order valence-electron chi connectivity index (χ0n) is 11.2. The van der Waals surface area contributed by atoms with Gasteiger partial charge in [-0.05, 0) is 22.3 Å². The van der Waals surface area contributed by atoms with E-state index in [0.717, 1.165) is 22.3 Å². The molecule has 0 aliphatic heterocycles. The molecule has 0 atom stereocenters. The molecule has 2 rings (SSSR count). The lowest BCUT2D eigenvalue weighted by Crippen LogP contribution is -2.10. The van der Waals surface area contributed by atoms with Gasteiger partial charge in [-0.3, -0.25) is 4.79 Å². The summed E-state index contributed by atoms with van der Waals surface area (Å²) in [6.45, 7) is -0.118. The molecule has 0 aromatic heterocycles. The molecule has 0 unspecified atom stereocenters. The first-order chi connectivity index (χ1) is 9.74. The van der Waals surface area contributed by atoms with Crippen molar-refractivity contribution < 1.29 is 15.0 Å². The maximum absolute atomic E-state index is 12.2. The Labute approximate surface area is 118 Å². The van der Waals surface area contributed by atoms with E-state index in [4.69, 9.17) is 0 Å². The van der Waals surface area contributed by atoms with Gasteiger partial charge in [0.1, 0.15) is 5.78 Å². The van der Waals surface area contributed by atoms with Gasteiger partial charge in [0.25, 0.3) is 0 Å². The van der Waals surface area contributed by atoms with Gasteiger partial charge in [0, 0.05) is 12.8 Å². The summed E-state index contributed by atoms with van der Waals surface area (Å²) >= 11 is 0. The van der Waals surface area contributed by atoms with Gasteiger partial charge < -0.3 is 10.2 Å². The topological polar surface area (TPSA) is 57.5 Å². The van der Waals surface area contributed by atoms with Crippen LogP contribution < -0.4 is 0 Å². The van der Waals surface area contributed by atoms with Gasteiger partial charge in [-0.1, -0.05) is 48.5 Å². The van der Waals surface area contributed by atoms with Crippen molar-refractivity contribution in [3.05, 3.63) is 70.8 Å². The summed E-state index contributed by atoms with van der Waals surface area (Å²) in [5.41, 5.74) is 3.30. The number of benzene rings is 2. The molecule has 0 saturated heterocycles. The van der Waals surface area contributed by atoms with Crippen molar-refractivity contribution in [3.8, 4) is 0 Å². The number of carbonyl (C=O) groups excluding carboxylic acids is 1. The molecule has 0 amide bonds. The highest BCUT2D eigenvalue weighted by molar-refractivity contribution is 5.83. The average molecular weight is 270 g/mol. The van der Waals surface area contributed by atoms with Crippen LogP contribution in [0.25, 0.3) is 0 Å². The van der Waals surface area contributed by atoms with E-state index in [-0.39, 0.29) is 19.0 Å². The Balaban J connectivity index is 2.09. The van der Waals surface area contributed by atoms with Crippen molar-refractivity contribution in [1.82, 2.24) is 0 Å². The first kappa shape index (κ1) is 14.4. The molecule has 3 heteroatoms. The van der Waals surface area contributed by atoms with Crippen LogP contribution in [0.3, 0.4) is 0 Å². The van der Waals surface area contributed by atoms with E-state index in [1.54, 1.807) is 0 Å². The molecule has 2 aromatic carbocycles. The molecular weight excluding hydrogens is 252 g/mol. The molecule has 0 spiro atoms. The number of ketones is 1. The van der Waals surface area contributed by atoms with Crippen molar-refractivity contribution in [2.45, 2.75) is 26.1 Å². The van der Waals surface area contributed by atoms with Crippen molar-refractivity contribution in [2.24, 2.45) is 0 Å². The van der Waals surface area contributed by atoms with Crippen molar-refractivity contribution in [3.63, 3.8) is 0 Å². The van der Waals surface area contributed by atoms with Crippen LogP contribution in [-0.4, -0.2) is 16.0 Å². The Hall–Kier alpha value is -1.97. The molecule has 0 bridgehead atoms. The second kappa shape index (κ2) is 6.98. The number of hydrogen-bond acceptors (Lipinski definition) is 3. The van der Waals surface area contributed by atoms with Gasteiger partial charge >= 0.3 is 0 Å². The second-order valence-electron chi connectivity index (χ2n) is 4.75. The summed E-state index contributed by atoms with van der Waals surface area (Å²) in [5, 5.41) is 18.5.